The smallest absolute Gasteiger partial charge is 0.359 e. The van der Waals surface area contributed by atoms with E-state index in [0.29, 0.717) is 16.9 Å². The van der Waals surface area contributed by atoms with E-state index in [0.717, 1.165) is 15.7 Å². The number of alkyl halides is 1. The largest absolute Gasteiger partial charge is 0.464 e. The highest BCUT2D eigenvalue weighted by atomic mass is 79.9. The molecular weight excluding hydrogens is 370 g/mol. The molecule has 0 aliphatic heterocycles. The summed E-state index contributed by atoms with van der Waals surface area (Å²) in [4.78, 5) is 16.4. The van der Waals surface area contributed by atoms with Crippen LogP contribution < -0.4 is 0 Å². The van der Waals surface area contributed by atoms with Crippen LogP contribution in [0.3, 0.4) is 0 Å². The molecule has 0 aliphatic rings. The Hall–Kier alpha value is -1.92. The van der Waals surface area contributed by atoms with Gasteiger partial charge in [-0.3, -0.25) is 0 Å². The number of halogens is 2. The zero-order chi connectivity index (χ0) is 15.7. The summed E-state index contributed by atoms with van der Waals surface area (Å²) in [6, 6.07) is 9.39. The predicted octanol–water partition coefficient (Wildman–Crippen LogP) is 3.71. The fourth-order valence-electron chi connectivity index (χ4n) is 2.15. The first-order valence-electron chi connectivity index (χ1n) is 6.42. The number of esters is 1. The third-order valence-corrected chi connectivity index (χ3v) is 3.97. The molecule has 22 heavy (non-hydrogen) atoms. The summed E-state index contributed by atoms with van der Waals surface area (Å²) in [6.07, 6.45) is 1.67. The van der Waals surface area contributed by atoms with E-state index in [2.05, 4.69) is 26.0 Å². The molecule has 0 N–H and O–H groups in total. The summed E-state index contributed by atoms with van der Waals surface area (Å²) < 4.78 is 7.33. The maximum Gasteiger partial charge on any atom is 0.359 e. The van der Waals surface area contributed by atoms with Crippen LogP contribution in [0.4, 0.5) is 0 Å². The van der Waals surface area contributed by atoms with Crippen LogP contribution in [0.15, 0.2) is 41.0 Å². The van der Waals surface area contributed by atoms with E-state index < -0.39 is 5.97 Å². The normalized spacial score (nSPS) is 10.9. The SMILES string of the molecule is COC(=O)c1nn(-c2cccc(Br)c2)c2ncc(CCl)cc12. The van der Waals surface area contributed by atoms with Crippen molar-refractivity contribution >= 4 is 44.5 Å². The number of methoxy groups -OCH3 is 1. The Morgan fingerprint density at radius 1 is 1.41 bits per heavy atom. The van der Waals surface area contributed by atoms with E-state index in [4.69, 9.17) is 16.3 Å². The Balaban J connectivity index is 2.29. The maximum absolute atomic E-state index is 12.0. The molecule has 2 aromatic heterocycles. The van der Waals surface area contributed by atoms with Crippen LogP contribution in [0, 0.1) is 0 Å². The molecule has 0 amide bonds. The van der Waals surface area contributed by atoms with Gasteiger partial charge in [0, 0.05) is 16.5 Å². The van der Waals surface area contributed by atoms with Crippen molar-refractivity contribution < 1.29 is 9.53 Å². The van der Waals surface area contributed by atoms with E-state index in [1.165, 1.54) is 7.11 Å². The van der Waals surface area contributed by atoms with Crippen LogP contribution >= 0.6 is 27.5 Å². The number of carbonyl (C=O) groups is 1. The topological polar surface area (TPSA) is 57.0 Å². The summed E-state index contributed by atoms with van der Waals surface area (Å²) in [5, 5.41) is 4.98. The van der Waals surface area contributed by atoms with Crippen molar-refractivity contribution in [3.63, 3.8) is 0 Å². The van der Waals surface area contributed by atoms with Crippen molar-refractivity contribution in [3.8, 4) is 5.69 Å². The predicted molar refractivity (Wildman–Crippen MR) is 87.5 cm³/mol. The monoisotopic (exact) mass is 379 g/mol. The fourth-order valence-corrected chi connectivity index (χ4v) is 2.69. The summed E-state index contributed by atoms with van der Waals surface area (Å²) in [6.45, 7) is 0. The average molecular weight is 381 g/mol. The molecule has 0 unspecified atom stereocenters. The van der Waals surface area contributed by atoms with E-state index in [9.17, 15) is 4.79 Å². The number of rotatable bonds is 3. The number of pyridine rings is 1. The molecule has 0 spiro atoms. The zero-order valence-electron chi connectivity index (χ0n) is 11.6. The molecule has 3 aromatic rings. The first kappa shape index (κ1) is 15.0. The number of ether oxygens (including phenoxy) is 1. The van der Waals surface area contributed by atoms with Gasteiger partial charge in [0.15, 0.2) is 11.3 Å². The lowest BCUT2D eigenvalue weighted by molar-refractivity contribution is 0.0595. The van der Waals surface area contributed by atoms with Gasteiger partial charge in [-0.1, -0.05) is 22.0 Å². The first-order chi connectivity index (χ1) is 10.6. The molecule has 2 heterocycles. The molecule has 1 aromatic carbocycles. The minimum Gasteiger partial charge on any atom is -0.464 e. The molecule has 112 valence electrons. The van der Waals surface area contributed by atoms with Crippen LogP contribution in [0.1, 0.15) is 16.1 Å². The second-order valence-electron chi connectivity index (χ2n) is 4.58. The summed E-state index contributed by atoms with van der Waals surface area (Å²) in [7, 11) is 1.32. The van der Waals surface area contributed by atoms with Crippen molar-refractivity contribution in [3.05, 3.63) is 52.3 Å². The first-order valence-corrected chi connectivity index (χ1v) is 7.74. The van der Waals surface area contributed by atoms with Crippen molar-refractivity contribution in [1.82, 2.24) is 14.8 Å². The average Bonchev–Trinajstić information content (AvgIpc) is 2.92. The number of aromatic nitrogens is 3. The Morgan fingerprint density at radius 2 is 2.23 bits per heavy atom. The van der Waals surface area contributed by atoms with Crippen molar-refractivity contribution in [2.75, 3.05) is 7.11 Å². The molecule has 0 fully saturated rings. The van der Waals surface area contributed by atoms with Gasteiger partial charge in [0.25, 0.3) is 0 Å². The summed E-state index contributed by atoms with van der Waals surface area (Å²) in [5.41, 5.74) is 2.40. The highest BCUT2D eigenvalue weighted by Gasteiger charge is 2.20. The van der Waals surface area contributed by atoms with Crippen LogP contribution in [0.25, 0.3) is 16.7 Å². The quantitative estimate of drug-likeness (QED) is 0.513. The van der Waals surface area contributed by atoms with E-state index >= 15 is 0 Å². The maximum atomic E-state index is 12.0. The van der Waals surface area contributed by atoms with Gasteiger partial charge in [-0.15, -0.1) is 11.6 Å². The van der Waals surface area contributed by atoms with E-state index in [1.54, 1.807) is 10.9 Å². The summed E-state index contributed by atoms with van der Waals surface area (Å²) >= 11 is 9.27. The fraction of sp³-hybridized carbons (Fsp3) is 0.133. The molecule has 0 saturated carbocycles. The number of carbonyl (C=O) groups excluding carboxylic acids is 1. The van der Waals surface area contributed by atoms with Gasteiger partial charge in [0.1, 0.15) is 0 Å². The van der Waals surface area contributed by atoms with Crippen LogP contribution in [0.5, 0.6) is 0 Å². The molecule has 7 heteroatoms. The molecule has 0 aliphatic carbocycles. The Morgan fingerprint density at radius 3 is 2.91 bits per heavy atom. The molecule has 0 radical (unpaired) electrons. The van der Waals surface area contributed by atoms with Crippen LogP contribution in [-0.4, -0.2) is 27.8 Å². The third-order valence-electron chi connectivity index (χ3n) is 3.16. The molecule has 3 rings (SSSR count). The van der Waals surface area contributed by atoms with Gasteiger partial charge in [0.2, 0.25) is 0 Å². The van der Waals surface area contributed by atoms with Crippen molar-refractivity contribution in [2.45, 2.75) is 5.88 Å². The number of hydrogen-bond donors (Lipinski definition) is 0. The number of nitrogens with zero attached hydrogens (tertiary/aromatic N) is 3. The van der Waals surface area contributed by atoms with Crippen molar-refractivity contribution in [1.29, 1.82) is 0 Å². The highest BCUT2D eigenvalue weighted by Crippen LogP contribution is 2.24. The molecule has 0 bridgehead atoms. The van der Waals surface area contributed by atoms with E-state index in [1.807, 2.05) is 30.3 Å². The van der Waals surface area contributed by atoms with Crippen LogP contribution in [0.2, 0.25) is 0 Å². The lowest BCUT2D eigenvalue weighted by Gasteiger charge is -2.03. The number of fused-ring (bicyclic) bond motifs is 1. The standard InChI is InChI=1S/C15H11BrClN3O2/c1-22-15(21)13-12-5-9(7-17)8-18-14(12)20(19-13)11-4-2-3-10(16)6-11/h2-6,8H,7H2,1H3. The highest BCUT2D eigenvalue weighted by molar-refractivity contribution is 9.10. The number of hydrogen-bond acceptors (Lipinski definition) is 4. The van der Waals surface area contributed by atoms with Gasteiger partial charge in [0.05, 0.1) is 18.2 Å². The summed E-state index contributed by atoms with van der Waals surface area (Å²) in [5.74, 6) is -0.196. The van der Waals surface area contributed by atoms with Gasteiger partial charge < -0.3 is 4.74 Å². The molecule has 5 nitrogen and oxygen atoms in total. The minimum atomic E-state index is -0.507. The zero-order valence-corrected chi connectivity index (χ0v) is 13.9. The second-order valence-corrected chi connectivity index (χ2v) is 5.76. The Labute approximate surface area is 140 Å². The van der Waals surface area contributed by atoms with Crippen LogP contribution in [-0.2, 0) is 10.6 Å². The Kier molecular flexibility index (Phi) is 4.13. The van der Waals surface area contributed by atoms with E-state index in [-0.39, 0.29) is 5.69 Å². The molecule has 0 atom stereocenters. The molecule has 0 saturated heterocycles. The Bertz CT molecular complexity index is 863. The third kappa shape index (κ3) is 2.60. The van der Waals surface area contributed by atoms with Crippen molar-refractivity contribution in [2.24, 2.45) is 0 Å². The lowest BCUT2D eigenvalue weighted by Crippen LogP contribution is -2.04. The van der Waals surface area contributed by atoms with Gasteiger partial charge in [-0.2, -0.15) is 5.10 Å². The van der Waals surface area contributed by atoms with Gasteiger partial charge in [-0.05, 0) is 29.8 Å². The lowest BCUT2D eigenvalue weighted by atomic mass is 10.2. The van der Waals surface area contributed by atoms with Gasteiger partial charge in [-0.25, -0.2) is 14.5 Å². The van der Waals surface area contributed by atoms with Gasteiger partial charge >= 0.3 is 5.97 Å². The minimum absolute atomic E-state index is 0.219. The molecular formula is C15H11BrClN3O2. The second kappa shape index (κ2) is 6.06. The number of benzene rings is 1.